The van der Waals surface area contributed by atoms with Crippen LogP contribution in [0.15, 0.2) is 48.5 Å². The molecule has 0 saturated heterocycles. The number of carbonyl (C=O) groups excluding carboxylic acids is 1. The van der Waals surface area contributed by atoms with Gasteiger partial charge in [0.05, 0.1) is 17.8 Å². The van der Waals surface area contributed by atoms with Crippen molar-refractivity contribution in [3.63, 3.8) is 0 Å². The molecule has 0 fully saturated rings. The fourth-order valence-corrected chi connectivity index (χ4v) is 3.94. The second-order valence-corrected chi connectivity index (χ2v) is 8.68. The molecule has 0 radical (unpaired) electrons. The number of hydrogen-bond acceptors (Lipinski definition) is 4. The summed E-state index contributed by atoms with van der Waals surface area (Å²) in [5.41, 5.74) is 4.05. The highest BCUT2D eigenvalue weighted by molar-refractivity contribution is 5.82. The first kappa shape index (κ1) is 24.3. The van der Waals surface area contributed by atoms with E-state index in [0.29, 0.717) is 18.1 Å². The van der Waals surface area contributed by atoms with E-state index in [2.05, 4.69) is 25.1 Å². The van der Waals surface area contributed by atoms with Crippen LogP contribution < -0.4 is 9.47 Å². The Kier molecular flexibility index (Phi) is 8.10. The molecular weight excluding hydrogens is 412 g/mol. The summed E-state index contributed by atoms with van der Waals surface area (Å²) < 4.78 is 11.6. The fourth-order valence-electron chi connectivity index (χ4n) is 3.94. The molecule has 0 N–H and O–H groups in total. The zero-order valence-electron chi connectivity index (χ0n) is 20.5. The van der Waals surface area contributed by atoms with E-state index < -0.39 is 0 Å². The Morgan fingerprint density at radius 3 is 2.39 bits per heavy atom. The van der Waals surface area contributed by atoms with E-state index in [1.54, 1.807) is 0 Å². The lowest BCUT2D eigenvalue weighted by atomic mass is 10.1. The Labute approximate surface area is 197 Å². The second-order valence-electron chi connectivity index (χ2n) is 8.68. The SMILES string of the molecule is CCOc1cc(C=Cc2ccc3cc(C)ccc3n2)ccc1OCC(=O)N(C(C)C)C(C)C. The molecule has 2 aromatic carbocycles. The van der Waals surface area contributed by atoms with Crippen molar-refractivity contribution in [2.75, 3.05) is 13.2 Å². The van der Waals surface area contributed by atoms with Gasteiger partial charge in [0.25, 0.3) is 5.91 Å². The number of aromatic nitrogens is 1. The molecule has 0 aliphatic carbocycles. The topological polar surface area (TPSA) is 51.7 Å². The predicted octanol–water partition coefficient (Wildman–Crippen LogP) is 6.14. The largest absolute Gasteiger partial charge is 0.490 e. The highest BCUT2D eigenvalue weighted by Gasteiger charge is 2.21. The highest BCUT2D eigenvalue weighted by Crippen LogP contribution is 2.29. The number of fused-ring (bicyclic) bond motifs is 1. The van der Waals surface area contributed by atoms with Gasteiger partial charge in [0.1, 0.15) is 0 Å². The number of nitrogens with zero attached hydrogens (tertiary/aromatic N) is 2. The number of amides is 1. The summed E-state index contributed by atoms with van der Waals surface area (Å²) in [4.78, 5) is 19.2. The molecule has 1 amide bonds. The Morgan fingerprint density at radius 1 is 0.939 bits per heavy atom. The van der Waals surface area contributed by atoms with Crippen LogP contribution in [-0.4, -0.2) is 41.1 Å². The molecule has 0 aliphatic rings. The first-order chi connectivity index (χ1) is 15.8. The van der Waals surface area contributed by atoms with E-state index in [-0.39, 0.29) is 24.6 Å². The average Bonchev–Trinajstić information content (AvgIpc) is 2.76. The van der Waals surface area contributed by atoms with Crippen LogP contribution >= 0.6 is 0 Å². The molecule has 0 aliphatic heterocycles. The van der Waals surface area contributed by atoms with Gasteiger partial charge in [0, 0.05) is 17.5 Å². The van der Waals surface area contributed by atoms with Gasteiger partial charge >= 0.3 is 0 Å². The number of aryl methyl sites for hydroxylation is 1. The lowest BCUT2D eigenvalue weighted by Gasteiger charge is -2.30. The van der Waals surface area contributed by atoms with Gasteiger partial charge in [-0.3, -0.25) is 4.79 Å². The van der Waals surface area contributed by atoms with E-state index in [0.717, 1.165) is 22.2 Å². The third-order valence-corrected chi connectivity index (χ3v) is 5.33. The number of carbonyl (C=O) groups is 1. The van der Waals surface area contributed by atoms with Gasteiger partial charge in [-0.2, -0.15) is 0 Å². The van der Waals surface area contributed by atoms with Crippen molar-refractivity contribution in [2.24, 2.45) is 0 Å². The minimum Gasteiger partial charge on any atom is -0.490 e. The summed E-state index contributed by atoms with van der Waals surface area (Å²) >= 11 is 0. The lowest BCUT2D eigenvalue weighted by molar-refractivity contribution is -0.137. The minimum absolute atomic E-state index is 0.0217. The van der Waals surface area contributed by atoms with Crippen molar-refractivity contribution in [2.45, 2.75) is 53.6 Å². The average molecular weight is 447 g/mol. The molecule has 5 nitrogen and oxygen atoms in total. The van der Waals surface area contributed by atoms with Crippen molar-refractivity contribution in [3.05, 3.63) is 65.4 Å². The van der Waals surface area contributed by atoms with Gasteiger partial charge in [-0.1, -0.05) is 29.8 Å². The zero-order valence-corrected chi connectivity index (χ0v) is 20.5. The summed E-state index contributed by atoms with van der Waals surface area (Å²) in [5.74, 6) is 1.15. The van der Waals surface area contributed by atoms with Crippen LogP contribution in [0.2, 0.25) is 0 Å². The van der Waals surface area contributed by atoms with E-state index in [9.17, 15) is 4.79 Å². The fraction of sp³-hybridized carbons (Fsp3) is 0.357. The molecule has 1 aromatic heterocycles. The van der Waals surface area contributed by atoms with Crippen molar-refractivity contribution in [3.8, 4) is 11.5 Å². The van der Waals surface area contributed by atoms with Crippen molar-refractivity contribution in [1.29, 1.82) is 0 Å². The van der Waals surface area contributed by atoms with Crippen LogP contribution in [0.25, 0.3) is 23.1 Å². The molecule has 0 saturated carbocycles. The van der Waals surface area contributed by atoms with Crippen LogP contribution in [0.4, 0.5) is 0 Å². The summed E-state index contributed by atoms with van der Waals surface area (Å²) in [6, 6.07) is 16.3. The molecular formula is C28H34N2O3. The van der Waals surface area contributed by atoms with E-state index in [1.807, 2.05) is 82.0 Å². The van der Waals surface area contributed by atoms with Gasteiger partial charge in [0.2, 0.25) is 0 Å². The normalized spacial score (nSPS) is 11.5. The Bertz CT molecular complexity index is 1130. The predicted molar refractivity (Wildman–Crippen MR) is 136 cm³/mol. The molecule has 3 aromatic rings. The van der Waals surface area contributed by atoms with Gasteiger partial charge in [-0.25, -0.2) is 4.98 Å². The highest BCUT2D eigenvalue weighted by atomic mass is 16.5. The monoisotopic (exact) mass is 446 g/mol. The minimum atomic E-state index is -0.0380. The van der Waals surface area contributed by atoms with Crippen LogP contribution in [0.1, 0.15) is 51.4 Å². The molecule has 3 rings (SSSR count). The van der Waals surface area contributed by atoms with Gasteiger partial charge in [-0.05, 0) is 83.5 Å². The van der Waals surface area contributed by atoms with Crippen LogP contribution in [0.3, 0.4) is 0 Å². The third kappa shape index (κ3) is 6.35. The Hall–Kier alpha value is -3.34. The van der Waals surface area contributed by atoms with Crippen molar-refractivity contribution >= 4 is 29.0 Å². The lowest BCUT2D eigenvalue weighted by Crippen LogP contribution is -2.44. The van der Waals surface area contributed by atoms with Gasteiger partial charge in [-0.15, -0.1) is 0 Å². The van der Waals surface area contributed by atoms with E-state index in [4.69, 9.17) is 14.5 Å². The Balaban J connectivity index is 1.75. The summed E-state index contributed by atoms with van der Waals surface area (Å²) in [6.45, 7) is 12.5. The van der Waals surface area contributed by atoms with E-state index >= 15 is 0 Å². The summed E-state index contributed by atoms with van der Waals surface area (Å²) in [5, 5.41) is 1.13. The summed E-state index contributed by atoms with van der Waals surface area (Å²) in [7, 11) is 0. The molecule has 174 valence electrons. The van der Waals surface area contributed by atoms with Crippen LogP contribution in [-0.2, 0) is 4.79 Å². The standard InChI is InChI=1S/C28H34N2O3/c1-7-32-27-17-22(9-12-24-13-11-23-16-21(6)8-14-25(23)29-24)10-15-26(27)33-18-28(31)30(19(2)3)20(4)5/h8-17,19-20H,7,18H2,1-6H3. The second kappa shape index (κ2) is 11.0. The number of benzene rings is 2. The maximum Gasteiger partial charge on any atom is 0.260 e. The van der Waals surface area contributed by atoms with Crippen molar-refractivity contribution in [1.82, 2.24) is 9.88 Å². The van der Waals surface area contributed by atoms with Gasteiger partial charge < -0.3 is 14.4 Å². The molecule has 0 atom stereocenters. The van der Waals surface area contributed by atoms with Crippen molar-refractivity contribution < 1.29 is 14.3 Å². The molecule has 0 unspecified atom stereocenters. The first-order valence-electron chi connectivity index (χ1n) is 11.5. The Morgan fingerprint density at radius 2 is 1.70 bits per heavy atom. The number of rotatable bonds is 9. The number of hydrogen-bond donors (Lipinski definition) is 0. The first-order valence-corrected chi connectivity index (χ1v) is 11.5. The molecule has 5 heteroatoms. The summed E-state index contributed by atoms with van der Waals surface area (Å²) in [6.07, 6.45) is 3.98. The zero-order chi connectivity index (χ0) is 24.0. The maximum absolute atomic E-state index is 12.6. The molecule has 0 bridgehead atoms. The molecule has 0 spiro atoms. The van der Waals surface area contributed by atoms with Gasteiger partial charge in [0.15, 0.2) is 18.1 Å². The van der Waals surface area contributed by atoms with Crippen LogP contribution in [0, 0.1) is 6.92 Å². The smallest absolute Gasteiger partial charge is 0.260 e. The van der Waals surface area contributed by atoms with Crippen LogP contribution in [0.5, 0.6) is 11.5 Å². The third-order valence-electron chi connectivity index (χ3n) is 5.33. The molecule has 33 heavy (non-hydrogen) atoms. The molecule has 1 heterocycles. The van der Waals surface area contributed by atoms with E-state index in [1.165, 1.54) is 5.56 Å². The number of ether oxygens (including phenoxy) is 2. The number of pyridine rings is 1. The maximum atomic E-state index is 12.6. The quantitative estimate of drug-likeness (QED) is 0.396.